The lowest BCUT2D eigenvalue weighted by Gasteiger charge is -2.32. The number of nitrogens with one attached hydrogen (secondary N) is 1. The van der Waals surface area contributed by atoms with Gasteiger partial charge < -0.3 is 10.5 Å². The molecule has 0 saturated heterocycles. The third kappa shape index (κ3) is 4.03. The SMILES string of the molecule is NC1COc2ccc(CNS(=O)(=O)C3CCC3)cc2C1Cc1ccccc1. The minimum Gasteiger partial charge on any atom is -0.492 e. The van der Waals surface area contributed by atoms with Crippen molar-refractivity contribution in [3.63, 3.8) is 0 Å². The van der Waals surface area contributed by atoms with E-state index in [1.54, 1.807) is 0 Å². The summed E-state index contributed by atoms with van der Waals surface area (Å²) in [7, 11) is -3.22. The monoisotopic (exact) mass is 386 g/mol. The van der Waals surface area contributed by atoms with Gasteiger partial charge in [-0.3, -0.25) is 0 Å². The van der Waals surface area contributed by atoms with Crippen LogP contribution in [-0.2, 0) is 23.0 Å². The molecule has 0 radical (unpaired) electrons. The van der Waals surface area contributed by atoms with Crippen LogP contribution < -0.4 is 15.2 Å². The van der Waals surface area contributed by atoms with Crippen LogP contribution in [0.4, 0.5) is 0 Å². The topological polar surface area (TPSA) is 81.4 Å². The minimum absolute atomic E-state index is 0.0837. The van der Waals surface area contributed by atoms with Gasteiger partial charge in [-0.05, 0) is 42.0 Å². The molecule has 2 unspecified atom stereocenters. The molecule has 0 bridgehead atoms. The number of nitrogens with two attached hydrogens (primary N) is 1. The first kappa shape index (κ1) is 18.5. The van der Waals surface area contributed by atoms with Crippen LogP contribution >= 0.6 is 0 Å². The van der Waals surface area contributed by atoms with Crippen molar-refractivity contribution in [1.29, 1.82) is 0 Å². The second-order valence-electron chi connectivity index (χ2n) is 7.56. The highest BCUT2D eigenvalue weighted by molar-refractivity contribution is 7.90. The van der Waals surface area contributed by atoms with E-state index in [4.69, 9.17) is 10.5 Å². The highest BCUT2D eigenvalue weighted by atomic mass is 32.2. The fraction of sp³-hybridized carbons (Fsp3) is 0.429. The summed E-state index contributed by atoms with van der Waals surface area (Å²) in [5.41, 5.74) is 9.61. The molecule has 4 rings (SSSR count). The van der Waals surface area contributed by atoms with Crippen molar-refractivity contribution in [2.75, 3.05) is 6.61 Å². The normalized spacial score (nSPS) is 22.6. The Kier molecular flexibility index (Phi) is 5.21. The maximum absolute atomic E-state index is 12.3. The fourth-order valence-electron chi connectivity index (χ4n) is 3.77. The van der Waals surface area contributed by atoms with Crippen LogP contribution in [-0.4, -0.2) is 26.3 Å². The second-order valence-corrected chi connectivity index (χ2v) is 9.61. The first-order valence-electron chi connectivity index (χ1n) is 9.56. The molecule has 1 aliphatic heterocycles. The van der Waals surface area contributed by atoms with Gasteiger partial charge in [0.05, 0.1) is 5.25 Å². The van der Waals surface area contributed by atoms with Crippen LogP contribution in [0.5, 0.6) is 5.75 Å². The Labute approximate surface area is 161 Å². The molecule has 2 aromatic carbocycles. The van der Waals surface area contributed by atoms with Crippen molar-refractivity contribution in [2.45, 2.75) is 49.4 Å². The molecule has 2 aliphatic rings. The van der Waals surface area contributed by atoms with Crippen LogP contribution in [0.15, 0.2) is 48.5 Å². The third-order valence-corrected chi connectivity index (χ3v) is 7.58. The summed E-state index contributed by atoms with van der Waals surface area (Å²) in [5.74, 6) is 1.00. The molecular formula is C21H26N2O3S. The Hall–Kier alpha value is -1.89. The van der Waals surface area contributed by atoms with Gasteiger partial charge in [0.2, 0.25) is 10.0 Å². The molecule has 1 saturated carbocycles. The lowest BCUT2D eigenvalue weighted by molar-refractivity contribution is 0.238. The van der Waals surface area contributed by atoms with E-state index in [0.29, 0.717) is 13.2 Å². The maximum atomic E-state index is 12.3. The van der Waals surface area contributed by atoms with Crippen LogP contribution in [0.2, 0.25) is 0 Å². The van der Waals surface area contributed by atoms with Gasteiger partial charge in [0, 0.05) is 18.5 Å². The molecular weight excluding hydrogens is 360 g/mol. The molecule has 27 heavy (non-hydrogen) atoms. The smallest absolute Gasteiger partial charge is 0.214 e. The van der Waals surface area contributed by atoms with Gasteiger partial charge >= 0.3 is 0 Å². The quantitative estimate of drug-likeness (QED) is 0.800. The van der Waals surface area contributed by atoms with Crippen molar-refractivity contribution < 1.29 is 13.2 Å². The first-order chi connectivity index (χ1) is 13.0. The van der Waals surface area contributed by atoms with Gasteiger partial charge in [0.15, 0.2) is 0 Å². The summed E-state index contributed by atoms with van der Waals surface area (Å²) in [5, 5.41) is -0.224. The predicted octanol–water partition coefficient (Wildman–Crippen LogP) is 2.70. The molecule has 2 atom stereocenters. The molecule has 5 nitrogen and oxygen atoms in total. The number of rotatable bonds is 6. The molecule has 3 N–H and O–H groups in total. The summed E-state index contributed by atoms with van der Waals surface area (Å²) in [6, 6.07) is 16.1. The molecule has 6 heteroatoms. The zero-order valence-corrected chi connectivity index (χ0v) is 16.1. The van der Waals surface area contributed by atoms with Gasteiger partial charge in [-0.15, -0.1) is 0 Å². The van der Waals surface area contributed by atoms with E-state index in [-0.39, 0.29) is 17.2 Å². The third-order valence-electron chi connectivity index (χ3n) is 5.69. The molecule has 1 fully saturated rings. The van der Waals surface area contributed by atoms with Crippen LogP contribution in [0.3, 0.4) is 0 Å². The van der Waals surface area contributed by atoms with Crippen LogP contribution in [0.1, 0.15) is 41.9 Å². The highest BCUT2D eigenvalue weighted by Gasteiger charge is 2.31. The molecule has 1 aliphatic carbocycles. The second kappa shape index (κ2) is 7.62. The zero-order valence-electron chi connectivity index (χ0n) is 15.3. The van der Waals surface area contributed by atoms with E-state index >= 15 is 0 Å². The van der Waals surface area contributed by atoms with Gasteiger partial charge in [-0.2, -0.15) is 0 Å². The Morgan fingerprint density at radius 3 is 2.56 bits per heavy atom. The lowest BCUT2D eigenvalue weighted by atomic mass is 9.84. The van der Waals surface area contributed by atoms with Gasteiger partial charge in [0.1, 0.15) is 12.4 Å². The summed E-state index contributed by atoms with van der Waals surface area (Å²) in [6.45, 7) is 0.803. The summed E-state index contributed by atoms with van der Waals surface area (Å²) >= 11 is 0. The molecule has 1 heterocycles. The Morgan fingerprint density at radius 2 is 1.85 bits per heavy atom. The summed E-state index contributed by atoms with van der Waals surface area (Å²) < 4.78 is 33.1. The van der Waals surface area contributed by atoms with Crippen LogP contribution in [0.25, 0.3) is 0 Å². The van der Waals surface area contributed by atoms with E-state index < -0.39 is 10.0 Å². The van der Waals surface area contributed by atoms with Gasteiger partial charge in [-0.25, -0.2) is 13.1 Å². The lowest BCUT2D eigenvalue weighted by Crippen LogP contribution is -2.39. The van der Waals surface area contributed by atoms with E-state index in [1.807, 2.05) is 36.4 Å². The molecule has 2 aromatic rings. The highest BCUT2D eigenvalue weighted by Crippen LogP contribution is 2.36. The Morgan fingerprint density at radius 1 is 1.07 bits per heavy atom. The van der Waals surface area contributed by atoms with E-state index in [9.17, 15) is 8.42 Å². The maximum Gasteiger partial charge on any atom is 0.214 e. The number of ether oxygens (including phenoxy) is 1. The van der Waals surface area contributed by atoms with Crippen molar-refractivity contribution in [2.24, 2.45) is 5.73 Å². The average Bonchev–Trinajstić information content (AvgIpc) is 2.61. The number of benzene rings is 2. The largest absolute Gasteiger partial charge is 0.492 e. The summed E-state index contributed by atoms with van der Waals surface area (Å²) in [6.07, 6.45) is 3.37. The van der Waals surface area contributed by atoms with Crippen molar-refractivity contribution >= 4 is 10.0 Å². The molecule has 0 amide bonds. The van der Waals surface area contributed by atoms with Gasteiger partial charge in [0.25, 0.3) is 0 Å². The minimum atomic E-state index is -3.22. The van der Waals surface area contributed by atoms with Crippen molar-refractivity contribution in [3.8, 4) is 5.75 Å². The number of hydrogen-bond donors (Lipinski definition) is 2. The van der Waals surface area contributed by atoms with Crippen molar-refractivity contribution in [1.82, 2.24) is 4.72 Å². The Balaban J connectivity index is 1.53. The summed E-state index contributed by atoms with van der Waals surface area (Å²) in [4.78, 5) is 0. The molecule has 144 valence electrons. The average molecular weight is 387 g/mol. The standard InChI is InChI=1S/C21H26N2O3S/c22-20-14-26-21-10-9-16(13-23-27(24,25)17-7-4-8-17)12-19(21)18(20)11-15-5-2-1-3-6-15/h1-3,5-6,9-10,12,17-18,20,23H,4,7-8,11,13-14,22H2. The van der Waals surface area contributed by atoms with E-state index in [1.165, 1.54) is 5.56 Å². The Bertz CT molecular complexity index is 895. The predicted molar refractivity (Wildman–Crippen MR) is 106 cm³/mol. The number of sulfonamides is 1. The number of hydrogen-bond acceptors (Lipinski definition) is 4. The van der Waals surface area contributed by atoms with E-state index in [0.717, 1.165) is 42.6 Å². The molecule has 0 spiro atoms. The number of fused-ring (bicyclic) bond motifs is 1. The zero-order chi connectivity index (χ0) is 18.9. The van der Waals surface area contributed by atoms with Crippen LogP contribution in [0, 0.1) is 0 Å². The van der Waals surface area contributed by atoms with E-state index in [2.05, 4.69) is 16.9 Å². The first-order valence-corrected chi connectivity index (χ1v) is 11.1. The van der Waals surface area contributed by atoms with Crippen molar-refractivity contribution in [3.05, 3.63) is 65.2 Å². The molecule has 0 aromatic heterocycles. The fourth-order valence-corrected chi connectivity index (χ4v) is 5.33. The van der Waals surface area contributed by atoms with Gasteiger partial charge in [-0.1, -0.05) is 48.9 Å².